The number of benzene rings is 1. The lowest BCUT2D eigenvalue weighted by molar-refractivity contribution is 0.0801. The smallest absolute Gasteiger partial charge is 0.251 e. The van der Waals surface area contributed by atoms with Crippen molar-refractivity contribution in [3.8, 4) is 5.75 Å². The number of nitrogens with one attached hydrogen (secondary N) is 1. The number of aromatic nitrogens is 2. The Morgan fingerprint density at radius 1 is 1.24 bits per heavy atom. The SMILES string of the molecule is Cc1cc(OCCC(C)C2CCN(c3ncc(Cl)cn3)CC2)cc(C)c1C(=O)NCC(O)CO. The topological polar surface area (TPSA) is 108 Å². The molecule has 0 aliphatic carbocycles. The molecule has 3 rings (SSSR count). The van der Waals surface area contributed by atoms with E-state index in [0.29, 0.717) is 29.0 Å². The number of ether oxygens (including phenoxy) is 1. The van der Waals surface area contributed by atoms with Gasteiger partial charge in [-0.3, -0.25) is 4.79 Å². The van der Waals surface area contributed by atoms with Crippen molar-refractivity contribution in [1.82, 2.24) is 15.3 Å². The maximum Gasteiger partial charge on any atom is 0.251 e. The quantitative estimate of drug-likeness (QED) is 0.469. The Morgan fingerprint density at radius 3 is 2.44 bits per heavy atom. The van der Waals surface area contributed by atoms with E-state index >= 15 is 0 Å². The van der Waals surface area contributed by atoms with E-state index in [4.69, 9.17) is 21.4 Å². The summed E-state index contributed by atoms with van der Waals surface area (Å²) in [6.07, 6.45) is 5.47. The highest BCUT2D eigenvalue weighted by Gasteiger charge is 2.25. The highest BCUT2D eigenvalue weighted by atomic mass is 35.5. The van der Waals surface area contributed by atoms with Crippen LogP contribution < -0.4 is 15.0 Å². The van der Waals surface area contributed by atoms with Crippen LogP contribution in [0, 0.1) is 25.7 Å². The van der Waals surface area contributed by atoms with Gasteiger partial charge in [-0.15, -0.1) is 0 Å². The summed E-state index contributed by atoms with van der Waals surface area (Å²) < 4.78 is 6.03. The molecular weight excluding hydrogens is 456 g/mol. The summed E-state index contributed by atoms with van der Waals surface area (Å²) in [5.74, 6) is 2.41. The Bertz CT molecular complexity index is 925. The lowest BCUT2D eigenvalue weighted by Crippen LogP contribution is -2.36. The van der Waals surface area contributed by atoms with Crippen LogP contribution in [0.4, 0.5) is 5.95 Å². The number of rotatable bonds is 10. The normalized spacial score (nSPS) is 16.2. The Kier molecular flexibility index (Phi) is 9.50. The van der Waals surface area contributed by atoms with E-state index in [1.54, 1.807) is 12.4 Å². The summed E-state index contributed by atoms with van der Waals surface area (Å²) in [7, 11) is 0. The summed E-state index contributed by atoms with van der Waals surface area (Å²) >= 11 is 5.89. The van der Waals surface area contributed by atoms with Crippen LogP contribution in [0.15, 0.2) is 24.5 Å². The Morgan fingerprint density at radius 2 is 1.85 bits per heavy atom. The van der Waals surface area contributed by atoms with Gasteiger partial charge >= 0.3 is 0 Å². The van der Waals surface area contributed by atoms with Crippen LogP contribution in [0.5, 0.6) is 5.75 Å². The van der Waals surface area contributed by atoms with Gasteiger partial charge in [-0.2, -0.15) is 0 Å². The molecule has 0 saturated carbocycles. The summed E-state index contributed by atoms with van der Waals surface area (Å²) in [5, 5.41) is 21.6. The number of hydrogen-bond donors (Lipinski definition) is 3. The minimum absolute atomic E-state index is 0.00992. The van der Waals surface area contributed by atoms with Gasteiger partial charge in [0.2, 0.25) is 5.95 Å². The van der Waals surface area contributed by atoms with Crippen molar-refractivity contribution in [3.05, 3.63) is 46.2 Å². The molecule has 3 N–H and O–H groups in total. The van der Waals surface area contributed by atoms with E-state index in [-0.39, 0.29) is 19.1 Å². The first-order chi connectivity index (χ1) is 16.3. The van der Waals surface area contributed by atoms with E-state index < -0.39 is 6.10 Å². The molecule has 1 aliphatic heterocycles. The zero-order valence-corrected chi connectivity index (χ0v) is 20.9. The molecule has 186 valence electrons. The number of anilines is 1. The maximum absolute atomic E-state index is 12.5. The predicted molar refractivity (Wildman–Crippen MR) is 133 cm³/mol. The number of carbonyl (C=O) groups excluding carboxylic acids is 1. The number of halogens is 1. The summed E-state index contributed by atoms with van der Waals surface area (Å²) in [6.45, 7) is 8.15. The van der Waals surface area contributed by atoms with Gasteiger partial charge < -0.3 is 25.2 Å². The number of aliphatic hydroxyl groups excluding tert-OH is 2. The van der Waals surface area contributed by atoms with Gasteiger partial charge in [-0.25, -0.2) is 9.97 Å². The van der Waals surface area contributed by atoms with Crippen molar-refractivity contribution in [3.63, 3.8) is 0 Å². The molecular formula is C25H35ClN4O4. The maximum atomic E-state index is 12.5. The Hall–Kier alpha value is -2.42. The minimum Gasteiger partial charge on any atom is -0.494 e. The lowest BCUT2D eigenvalue weighted by atomic mass is 9.84. The summed E-state index contributed by atoms with van der Waals surface area (Å²) in [5.41, 5.74) is 2.20. The molecule has 0 bridgehead atoms. The number of aliphatic hydroxyl groups is 2. The number of nitrogens with zero attached hydrogens (tertiary/aromatic N) is 3. The van der Waals surface area contributed by atoms with Crippen LogP contribution in [0.25, 0.3) is 0 Å². The number of aryl methyl sites for hydroxylation is 2. The Labute approximate surface area is 206 Å². The molecule has 1 aromatic heterocycles. The van der Waals surface area contributed by atoms with Gasteiger partial charge in [0.15, 0.2) is 0 Å². The first-order valence-electron chi connectivity index (χ1n) is 11.8. The van der Waals surface area contributed by atoms with E-state index in [2.05, 4.69) is 27.1 Å². The fraction of sp³-hybridized carbons (Fsp3) is 0.560. The number of amides is 1. The number of carbonyl (C=O) groups is 1. The van der Waals surface area contributed by atoms with Crippen LogP contribution in [-0.4, -0.2) is 65.0 Å². The summed E-state index contributed by atoms with van der Waals surface area (Å²) in [6, 6.07) is 3.75. The molecule has 0 radical (unpaired) electrons. The van der Waals surface area contributed by atoms with Crippen LogP contribution in [0.2, 0.25) is 5.02 Å². The molecule has 8 nitrogen and oxygen atoms in total. The lowest BCUT2D eigenvalue weighted by Gasteiger charge is -2.34. The third-order valence-electron chi connectivity index (χ3n) is 6.52. The zero-order valence-electron chi connectivity index (χ0n) is 20.1. The van der Waals surface area contributed by atoms with Crippen molar-refractivity contribution in [1.29, 1.82) is 0 Å². The standard InChI is InChI=1S/C25H35ClN4O4/c1-16(19-4-7-30(8-5-19)25-28-12-20(26)13-29-25)6-9-34-22-10-17(2)23(18(3)11-22)24(33)27-14-21(32)15-31/h10-13,16,19,21,31-32H,4-9,14-15H2,1-3H3,(H,27,33). The molecule has 2 unspecified atom stereocenters. The van der Waals surface area contributed by atoms with Crippen molar-refractivity contribution >= 4 is 23.5 Å². The molecule has 2 aromatic rings. The van der Waals surface area contributed by atoms with Crippen molar-refractivity contribution in [2.24, 2.45) is 11.8 Å². The third kappa shape index (κ3) is 7.04. The Balaban J connectivity index is 1.46. The molecule has 1 aliphatic rings. The van der Waals surface area contributed by atoms with Crippen molar-refractivity contribution < 1.29 is 19.7 Å². The van der Waals surface area contributed by atoms with E-state index in [1.807, 2.05) is 26.0 Å². The van der Waals surface area contributed by atoms with Gasteiger partial charge in [0, 0.05) is 25.2 Å². The predicted octanol–water partition coefficient (Wildman–Crippen LogP) is 3.15. The molecule has 2 atom stereocenters. The second-order valence-corrected chi connectivity index (χ2v) is 9.56. The average Bonchev–Trinajstić information content (AvgIpc) is 2.82. The van der Waals surface area contributed by atoms with Gasteiger partial charge in [-0.1, -0.05) is 18.5 Å². The molecule has 2 heterocycles. The first-order valence-corrected chi connectivity index (χ1v) is 12.2. The second-order valence-electron chi connectivity index (χ2n) is 9.12. The van der Waals surface area contributed by atoms with Gasteiger partial charge in [0.1, 0.15) is 5.75 Å². The third-order valence-corrected chi connectivity index (χ3v) is 6.71. The zero-order chi connectivity index (χ0) is 24.7. The van der Waals surface area contributed by atoms with Crippen LogP contribution in [-0.2, 0) is 0 Å². The fourth-order valence-corrected chi connectivity index (χ4v) is 4.56. The number of piperidine rings is 1. The van der Waals surface area contributed by atoms with E-state index in [1.165, 1.54) is 0 Å². The molecule has 1 saturated heterocycles. The molecule has 1 aromatic carbocycles. The molecule has 1 amide bonds. The van der Waals surface area contributed by atoms with E-state index in [0.717, 1.165) is 55.2 Å². The number of hydrogen-bond acceptors (Lipinski definition) is 7. The van der Waals surface area contributed by atoms with E-state index in [9.17, 15) is 9.90 Å². The average molecular weight is 491 g/mol. The van der Waals surface area contributed by atoms with Gasteiger partial charge in [0.05, 0.1) is 36.7 Å². The van der Waals surface area contributed by atoms with Crippen LogP contribution in [0.3, 0.4) is 0 Å². The molecule has 1 fully saturated rings. The van der Waals surface area contributed by atoms with Gasteiger partial charge in [0.25, 0.3) is 5.91 Å². The summed E-state index contributed by atoms with van der Waals surface area (Å²) in [4.78, 5) is 23.3. The molecule has 9 heteroatoms. The van der Waals surface area contributed by atoms with Gasteiger partial charge in [-0.05, 0) is 68.2 Å². The monoisotopic (exact) mass is 490 g/mol. The van der Waals surface area contributed by atoms with Crippen molar-refractivity contribution in [2.75, 3.05) is 37.7 Å². The molecule has 34 heavy (non-hydrogen) atoms. The van der Waals surface area contributed by atoms with Crippen LogP contribution in [0.1, 0.15) is 47.7 Å². The molecule has 0 spiro atoms. The minimum atomic E-state index is -0.966. The first kappa shape index (κ1) is 26.2. The van der Waals surface area contributed by atoms with Crippen molar-refractivity contribution in [2.45, 2.75) is 46.1 Å². The fourth-order valence-electron chi connectivity index (χ4n) is 4.46. The highest BCUT2D eigenvalue weighted by molar-refractivity contribution is 6.30. The van der Waals surface area contributed by atoms with Crippen LogP contribution >= 0.6 is 11.6 Å². The largest absolute Gasteiger partial charge is 0.494 e. The second kappa shape index (κ2) is 12.3. The highest BCUT2D eigenvalue weighted by Crippen LogP contribution is 2.29.